The first kappa shape index (κ1) is 16.5. The number of ether oxygens (including phenoxy) is 3. The van der Waals surface area contributed by atoms with Crippen LogP contribution in [0.1, 0.15) is 11.1 Å². The fourth-order valence-electron chi connectivity index (χ4n) is 2.61. The fraction of sp³-hybridized carbons (Fsp3) is 0.0526. The highest BCUT2D eigenvalue weighted by atomic mass is 16.7. The number of carbonyl (C=O) groups is 1. The first-order chi connectivity index (χ1) is 13.1. The zero-order chi connectivity index (χ0) is 18.8. The molecule has 0 saturated heterocycles. The number of hydrogen-bond donors (Lipinski definition) is 0. The molecule has 0 saturated carbocycles. The van der Waals surface area contributed by atoms with Gasteiger partial charge in [-0.1, -0.05) is 18.2 Å². The van der Waals surface area contributed by atoms with Crippen molar-refractivity contribution in [3.63, 3.8) is 0 Å². The van der Waals surface area contributed by atoms with Gasteiger partial charge in [-0.15, -0.1) is 0 Å². The van der Waals surface area contributed by atoms with Gasteiger partial charge in [-0.05, 0) is 36.4 Å². The van der Waals surface area contributed by atoms with Crippen molar-refractivity contribution < 1.29 is 23.9 Å². The Balaban J connectivity index is 1.57. The van der Waals surface area contributed by atoms with Crippen LogP contribution in [0.15, 0.2) is 65.3 Å². The third-order valence-electron chi connectivity index (χ3n) is 3.90. The average molecular weight is 364 g/mol. The molecule has 0 N–H and O–H groups in total. The lowest BCUT2D eigenvalue weighted by molar-refractivity contribution is -0.385. The Labute approximate surface area is 153 Å². The van der Waals surface area contributed by atoms with E-state index in [9.17, 15) is 14.9 Å². The summed E-state index contributed by atoms with van der Waals surface area (Å²) in [5.74, 6) is 0.727. The van der Waals surface area contributed by atoms with Crippen LogP contribution in [0, 0.1) is 10.1 Å². The van der Waals surface area contributed by atoms with Crippen LogP contribution in [-0.4, -0.2) is 23.6 Å². The molecule has 27 heavy (non-hydrogen) atoms. The maximum atomic E-state index is 12.0. The van der Waals surface area contributed by atoms with Gasteiger partial charge in [0, 0.05) is 11.6 Å². The zero-order valence-corrected chi connectivity index (χ0v) is 13.8. The highest BCUT2D eigenvalue weighted by Crippen LogP contribution is 2.33. The van der Waals surface area contributed by atoms with E-state index in [1.54, 1.807) is 36.4 Å². The van der Waals surface area contributed by atoms with Gasteiger partial charge in [0.2, 0.25) is 12.7 Å². The molecule has 0 amide bonds. The smallest absolute Gasteiger partial charge is 0.363 e. The maximum absolute atomic E-state index is 12.0. The summed E-state index contributed by atoms with van der Waals surface area (Å²) >= 11 is 0. The number of carbonyl (C=O) groups excluding carboxylic acids is 1. The number of fused-ring (bicyclic) bond motifs is 1. The maximum Gasteiger partial charge on any atom is 0.363 e. The number of allylic oxidation sites excluding steroid dienone is 2. The van der Waals surface area contributed by atoms with Crippen LogP contribution >= 0.6 is 0 Å². The number of benzene rings is 2. The summed E-state index contributed by atoms with van der Waals surface area (Å²) in [7, 11) is 0. The van der Waals surface area contributed by atoms with Crippen LogP contribution < -0.4 is 9.47 Å². The van der Waals surface area contributed by atoms with Gasteiger partial charge in [-0.2, -0.15) is 0 Å². The van der Waals surface area contributed by atoms with Crippen LogP contribution in [0.5, 0.6) is 11.5 Å². The van der Waals surface area contributed by atoms with Crippen LogP contribution in [0.4, 0.5) is 5.69 Å². The number of rotatable bonds is 4. The normalized spacial score (nSPS) is 16.7. The predicted molar refractivity (Wildman–Crippen MR) is 95.4 cm³/mol. The molecule has 2 aliphatic rings. The van der Waals surface area contributed by atoms with Crippen LogP contribution in [0.3, 0.4) is 0 Å². The molecule has 134 valence electrons. The van der Waals surface area contributed by atoms with Crippen LogP contribution in [0.25, 0.3) is 6.08 Å². The third-order valence-corrected chi connectivity index (χ3v) is 3.90. The van der Waals surface area contributed by atoms with E-state index >= 15 is 0 Å². The minimum atomic E-state index is -0.602. The Morgan fingerprint density at radius 2 is 1.93 bits per heavy atom. The molecule has 0 atom stereocenters. The van der Waals surface area contributed by atoms with Crippen molar-refractivity contribution in [2.24, 2.45) is 4.99 Å². The zero-order valence-electron chi connectivity index (χ0n) is 13.8. The number of nitrogens with zero attached hydrogens (tertiary/aromatic N) is 2. The second-order valence-electron chi connectivity index (χ2n) is 5.60. The van der Waals surface area contributed by atoms with Crippen molar-refractivity contribution in [2.45, 2.75) is 0 Å². The molecule has 8 nitrogen and oxygen atoms in total. The van der Waals surface area contributed by atoms with Gasteiger partial charge in [0.15, 0.2) is 17.2 Å². The molecular weight excluding hydrogens is 352 g/mol. The number of cyclic esters (lactones) is 1. The van der Waals surface area contributed by atoms with Gasteiger partial charge in [0.25, 0.3) is 5.69 Å². The molecule has 0 aliphatic carbocycles. The summed E-state index contributed by atoms with van der Waals surface area (Å²) in [6.45, 7) is 0.145. The molecule has 0 unspecified atom stereocenters. The summed E-state index contributed by atoms with van der Waals surface area (Å²) in [5.41, 5.74) is 1.08. The first-order valence-corrected chi connectivity index (χ1v) is 7.94. The van der Waals surface area contributed by atoms with Crippen molar-refractivity contribution in [1.29, 1.82) is 0 Å². The molecule has 2 aromatic rings. The van der Waals surface area contributed by atoms with E-state index in [2.05, 4.69) is 4.99 Å². The standard InChI is InChI=1S/C19H12N2O6/c22-19-14(6-3-5-12-4-1-2-7-15(12)21(23)24)20-18(27-19)13-8-9-16-17(10-13)26-11-25-16/h1-10H,11H2. The van der Waals surface area contributed by atoms with E-state index in [1.165, 1.54) is 24.3 Å². The molecule has 2 aliphatic heterocycles. The van der Waals surface area contributed by atoms with Gasteiger partial charge in [-0.3, -0.25) is 10.1 Å². The van der Waals surface area contributed by atoms with Crippen molar-refractivity contribution in [3.05, 3.63) is 81.6 Å². The van der Waals surface area contributed by atoms with Gasteiger partial charge in [0.1, 0.15) is 0 Å². The Kier molecular flexibility index (Phi) is 4.13. The molecule has 4 rings (SSSR count). The second-order valence-corrected chi connectivity index (χ2v) is 5.60. The van der Waals surface area contributed by atoms with Crippen molar-refractivity contribution in [2.75, 3.05) is 6.79 Å². The summed E-state index contributed by atoms with van der Waals surface area (Å²) < 4.78 is 15.7. The summed E-state index contributed by atoms with van der Waals surface area (Å²) in [4.78, 5) is 26.7. The molecule has 0 bridgehead atoms. The van der Waals surface area contributed by atoms with Gasteiger partial charge in [-0.25, -0.2) is 9.79 Å². The quantitative estimate of drug-likeness (QED) is 0.357. The summed E-state index contributed by atoms with van der Waals surface area (Å²) in [5, 5.41) is 11.0. The monoisotopic (exact) mass is 364 g/mol. The lowest BCUT2D eigenvalue weighted by atomic mass is 10.1. The largest absolute Gasteiger partial charge is 0.454 e. The minimum Gasteiger partial charge on any atom is -0.454 e. The van der Waals surface area contributed by atoms with Crippen molar-refractivity contribution >= 4 is 23.6 Å². The van der Waals surface area contributed by atoms with Gasteiger partial charge < -0.3 is 14.2 Å². The predicted octanol–water partition coefficient (Wildman–Crippen LogP) is 3.22. The van der Waals surface area contributed by atoms with E-state index in [4.69, 9.17) is 14.2 Å². The fourth-order valence-corrected chi connectivity index (χ4v) is 2.61. The molecule has 0 fully saturated rings. The number of hydrogen-bond acceptors (Lipinski definition) is 7. The lowest BCUT2D eigenvalue weighted by Crippen LogP contribution is -2.05. The number of aliphatic imine (C=N–C) groups is 1. The molecule has 0 aromatic heterocycles. The van der Waals surface area contributed by atoms with E-state index in [-0.39, 0.29) is 24.1 Å². The second kappa shape index (κ2) is 6.75. The number of nitro groups is 1. The molecule has 2 aromatic carbocycles. The molecule has 0 radical (unpaired) electrons. The van der Waals surface area contributed by atoms with Crippen LogP contribution in [0.2, 0.25) is 0 Å². The summed E-state index contributed by atoms with van der Waals surface area (Å²) in [6, 6.07) is 11.4. The Bertz CT molecular complexity index is 1040. The van der Waals surface area contributed by atoms with Gasteiger partial charge in [0.05, 0.1) is 10.5 Å². The summed E-state index contributed by atoms with van der Waals surface area (Å²) in [6.07, 6.45) is 4.50. The first-order valence-electron chi connectivity index (χ1n) is 7.94. The minimum absolute atomic E-state index is 0.0225. The lowest BCUT2D eigenvalue weighted by Gasteiger charge is -2.01. The Morgan fingerprint density at radius 1 is 1.11 bits per heavy atom. The number of nitro benzene ring substituents is 1. The van der Waals surface area contributed by atoms with Crippen molar-refractivity contribution in [3.8, 4) is 11.5 Å². The van der Waals surface area contributed by atoms with E-state index < -0.39 is 10.9 Å². The highest BCUT2D eigenvalue weighted by molar-refractivity contribution is 6.11. The molecule has 8 heteroatoms. The Hall–Kier alpha value is -3.94. The third kappa shape index (κ3) is 3.28. The molecule has 2 heterocycles. The van der Waals surface area contributed by atoms with E-state index in [0.29, 0.717) is 22.6 Å². The van der Waals surface area contributed by atoms with Crippen LogP contribution in [-0.2, 0) is 9.53 Å². The highest BCUT2D eigenvalue weighted by Gasteiger charge is 2.25. The van der Waals surface area contributed by atoms with Crippen molar-refractivity contribution in [1.82, 2.24) is 0 Å². The van der Waals surface area contributed by atoms with E-state index in [0.717, 1.165) is 0 Å². The average Bonchev–Trinajstić information content (AvgIpc) is 3.28. The SMILES string of the molecule is O=C1OC(c2ccc3c(c2)OCO3)=NC1=CC=Cc1ccccc1[N+](=O)[O-]. The van der Waals surface area contributed by atoms with E-state index in [1.807, 2.05) is 0 Å². The number of para-hydroxylation sites is 1. The van der Waals surface area contributed by atoms with Gasteiger partial charge >= 0.3 is 5.97 Å². The molecule has 0 spiro atoms. The topological polar surface area (TPSA) is 100 Å². The molecular formula is C19H12N2O6. The number of esters is 1. The Morgan fingerprint density at radius 3 is 2.78 bits per heavy atom.